The van der Waals surface area contributed by atoms with Gasteiger partial charge in [0.2, 0.25) is 5.88 Å². The van der Waals surface area contributed by atoms with Crippen LogP contribution in [0, 0.1) is 5.82 Å². The van der Waals surface area contributed by atoms with Crippen LogP contribution in [0.4, 0.5) is 4.39 Å². The van der Waals surface area contributed by atoms with E-state index in [4.69, 9.17) is 4.74 Å². The van der Waals surface area contributed by atoms with Gasteiger partial charge in [-0.1, -0.05) is 0 Å². The number of pyridine rings is 1. The molecule has 3 rings (SSSR count). The number of ether oxygens (including phenoxy) is 1. The number of hydrazine groups is 1. The van der Waals surface area contributed by atoms with E-state index in [0.717, 1.165) is 0 Å². The van der Waals surface area contributed by atoms with Crippen molar-refractivity contribution in [2.75, 3.05) is 0 Å². The number of aromatic nitrogens is 2. The topological polar surface area (TPSA) is 96.1 Å². The van der Waals surface area contributed by atoms with E-state index in [1.165, 1.54) is 30.5 Å². The Kier molecular flexibility index (Phi) is 5.28. The predicted molar refractivity (Wildman–Crippen MR) is 94.1 cm³/mol. The second kappa shape index (κ2) is 7.79. The number of hydrogen-bond donors (Lipinski definition) is 3. The largest absolute Gasteiger partial charge is 0.437 e. The van der Waals surface area contributed by atoms with E-state index in [1.807, 2.05) is 0 Å². The fraction of sp³-hybridized carbons (Fsp3) is 0. The molecule has 1 aromatic carbocycles. The molecule has 0 radical (unpaired) electrons. The second-order valence-corrected chi connectivity index (χ2v) is 5.88. The maximum absolute atomic E-state index is 13.2. The Labute approximate surface area is 155 Å². The fourth-order valence-electron chi connectivity index (χ4n) is 2.03. The lowest BCUT2D eigenvalue weighted by Crippen LogP contribution is -2.41. The summed E-state index contributed by atoms with van der Waals surface area (Å²) in [5.74, 6) is -1.27. The van der Waals surface area contributed by atoms with Gasteiger partial charge in [-0.05, 0) is 58.4 Å². The molecule has 0 aliphatic carbocycles. The lowest BCUT2D eigenvalue weighted by atomic mass is 10.2. The smallest absolute Gasteiger partial charge is 0.286 e. The monoisotopic (exact) mass is 418 g/mol. The molecule has 7 nitrogen and oxygen atoms in total. The summed E-state index contributed by atoms with van der Waals surface area (Å²) in [4.78, 5) is 30.9. The van der Waals surface area contributed by atoms with E-state index in [9.17, 15) is 14.0 Å². The van der Waals surface area contributed by atoms with Crippen LogP contribution in [0.1, 0.15) is 20.8 Å². The number of amides is 2. The van der Waals surface area contributed by atoms with Crippen molar-refractivity contribution in [2.45, 2.75) is 0 Å². The number of carbonyl (C=O) groups is 2. The number of halogens is 2. The standard InChI is InChI=1S/C17H12BrFN4O3/c18-12-9-10(19)5-6-14(12)26-17-11(3-1-8-21-17)15(24)22-23-16(25)13-4-2-7-20-13/h1-9,20H,(H,22,24)(H,23,25). The molecule has 2 amide bonds. The minimum atomic E-state index is -0.619. The van der Waals surface area contributed by atoms with Crippen LogP contribution in [0.5, 0.6) is 11.6 Å². The summed E-state index contributed by atoms with van der Waals surface area (Å²) in [6, 6.07) is 10.1. The lowest BCUT2D eigenvalue weighted by Gasteiger charge is -2.11. The molecule has 0 unspecified atom stereocenters. The summed E-state index contributed by atoms with van der Waals surface area (Å²) in [6.07, 6.45) is 3.03. The predicted octanol–water partition coefficient (Wildman–Crippen LogP) is 3.18. The first-order chi connectivity index (χ1) is 12.5. The number of rotatable bonds is 4. The first kappa shape index (κ1) is 17.6. The molecule has 132 valence electrons. The molecule has 0 bridgehead atoms. The zero-order valence-corrected chi connectivity index (χ0v) is 14.7. The molecule has 3 N–H and O–H groups in total. The highest BCUT2D eigenvalue weighted by atomic mass is 79.9. The normalized spacial score (nSPS) is 10.2. The molecular formula is C17H12BrFN4O3. The van der Waals surface area contributed by atoms with Crippen molar-refractivity contribution >= 4 is 27.7 Å². The Morgan fingerprint density at radius 3 is 2.65 bits per heavy atom. The Morgan fingerprint density at radius 1 is 1.12 bits per heavy atom. The van der Waals surface area contributed by atoms with Gasteiger partial charge in [0.15, 0.2) is 0 Å². The van der Waals surface area contributed by atoms with Crippen molar-refractivity contribution < 1.29 is 18.7 Å². The number of benzene rings is 1. The molecule has 0 saturated heterocycles. The number of aromatic amines is 1. The summed E-state index contributed by atoms with van der Waals surface area (Å²) in [5.41, 5.74) is 4.96. The van der Waals surface area contributed by atoms with Crippen molar-refractivity contribution in [2.24, 2.45) is 0 Å². The number of carbonyl (C=O) groups excluding carboxylic acids is 2. The molecule has 0 aliphatic rings. The van der Waals surface area contributed by atoms with Crippen molar-refractivity contribution in [3.05, 3.63) is 76.4 Å². The van der Waals surface area contributed by atoms with Gasteiger partial charge in [0, 0.05) is 12.4 Å². The number of H-pyrrole nitrogens is 1. The zero-order valence-electron chi connectivity index (χ0n) is 13.1. The van der Waals surface area contributed by atoms with Gasteiger partial charge in [0.05, 0.1) is 4.47 Å². The van der Waals surface area contributed by atoms with Crippen LogP contribution in [0.15, 0.2) is 59.3 Å². The van der Waals surface area contributed by atoms with Crippen molar-refractivity contribution in [3.8, 4) is 11.6 Å². The Balaban J connectivity index is 1.74. The van der Waals surface area contributed by atoms with E-state index in [0.29, 0.717) is 10.2 Å². The van der Waals surface area contributed by atoms with Crippen LogP contribution < -0.4 is 15.6 Å². The summed E-state index contributed by atoms with van der Waals surface area (Å²) in [6.45, 7) is 0. The molecule has 2 aromatic heterocycles. The van der Waals surface area contributed by atoms with Gasteiger partial charge in [0.25, 0.3) is 11.8 Å². The molecule has 0 spiro atoms. The van der Waals surface area contributed by atoms with Crippen molar-refractivity contribution in [1.29, 1.82) is 0 Å². The Morgan fingerprint density at radius 2 is 1.92 bits per heavy atom. The average Bonchev–Trinajstić information content (AvgIpc) is 3.17. The van der Waals surface area contributed by atoms with Crippen LogP contribution in [0.3, 0.4) is 0 Å². The van der Waals surface area contributed by atoms with Crippen LogP contribution in [0.25, 0.3) is 0 Å². The first-order valence-electron chi connectivity index (χ1n) is 7.36. The summed E-state index contributed by atoms with van der Waals surface area (Å²) >= 11 is 3.18. The Bertz CT molecular complexity index is 947. The van der Waals surface area contributed by atoms with Gasteiger partial charge < -0.3 is 9.72 Å². The minimum absolute atomic E-state index is 0.00595. The summed E-state index contributed by atoms with van der Waals surface area (Å²) in [7, 11) is 0. The van der Waals surface area contributed by atoms with Crippen LogP contribution in [0.2, 0.25) is 0 Å². The average molecular weight is 419 g/mol. The third-order valence-corrected chi connectivity index (χ3v) is 3.87. The molecule has 26 heavy (non-hydrogen) atoms. The van der Waals surface area contributed by atoms with Crippen LogP contribution in [-0.4, -0.2) is 21.8 Å². The van der Waals surface area contributed by atoms with Crippen LogP contribution >= 0.6 is 15.9 Å². The third-order valence-electron chi connectivity index (χ3n) is 3.25. The molecule has 0 saturated carbocycles. The molecule has 2 heterocycles. The number of nitrogens with one attached hydrogen (secondary N) is 3. The Hall–Kier alpha value is -3.20. The minimum Gasteiger partial charge on any atom is -0.437 e. The SMILES string of the molecule is O=C(NNC(=O)c1cccnc1Oc1ccc(F)cc1Br)c1ccc[nH]1. The van der Waals surface area contributed by atoms with E-state index >= 15 is 0 Å². The lowest BCUT2D eigenvalue weighted by molar-refractivity contribution is 0.0842. The highest BCUT2D eigenvalue weighted by Gasteiger charge is 2.16. The van der Waals surface area contributed by atoms with E-state index in [1.54, 1.807) is 24.4 Å². The summed E-state index contributed by atoms with van der Waals surface area (Å²) in [5, 5.41) is 0. The molecule has 9 heteroatoms. The molecule has 0 fully saturated rings. The van der Waals surface area contributed by atoms with Crippen LogP contribution in [-0.2, 0) is 0 Å². The fourth-order valence-corrected chi connectivity index (χ4v) is 2.46. The number of hydrogen-bond acceptors (Lipinski definition) is 4. The molecular weight excluding hydrogens is 407 g/mol. The molecule has 3 aromatic rings. The number of nitrogens with zero attached hydrogens (tertiary/aromatic N) is 1. The highest BCUT2D eigenvalue weighted by Crippen LogP contribution is 2.30. The van der Waals surface area contributed by atoms with Gasteiger partial charge in [0.1, 0.15) is 22.8 Å². The van der Waals surface area contributed by atoms with Crippen molar-refractivity contribution in [3.63, 3.8) is 0 Å². The van der Waals surface area contributed by atoms with Crippen molar-refractivity contribution in [1.82, 2.24) is 20.8 Å². The maximum Gasteiger partial charge on any atom is 0.286 e. The summed E-state index contributed by atoms with van der Waals surface area (Å²) < 4.78 is 19.1. The second-order valence-electron chi connectivity index (χ2n) is 5.02. The molecule has 0 aliphatic heterocycles. The zero-order chi connectivity index (χ0) is 18.5. The van der Waals surface area contributed by atoms with E-state index in [-0.39, 0.29) is 17.2 Å². The quantitative estimate of drug-likeness (QED) is 0.566. The maximum atomic E-state index is 13.2. The first-order valence-corrected chi connectivity index (χ1v) is 8.16. The van der Waals surface area contributed by atoms with Gasteiger partial charge in [-0.2, -0.15) is 0 Å². The van der Waals surface area contributed by atoms with Gasteiger partial charge in [-0.25, -0.2) is 9.37 Å². The van der Waals surface area contributed by atoms with E-state index in [2.05, 4.69) is 36.7 Å². The molecule has 0 atom stereocenters. The van der Waals surface area contributed by atoms with Gasteiger partial charge in [-0.15, -0.1) is 0 Å². The van der Waals surface area contributed by atoms with Gasteiger partial charge in [-0.3, -0.25) is 20.4 Å². The highest BCUT2D eigenvalue weighted by molar-refractivity contribution is 9.10. The third kappa shape index (κ3) is 4.06. The van der Waals surface area contributed by atoms with Gasteiger partial charge >= 0.3 is 0 Å². The van der Waals surface area contributed by atoms with E-state index < -0.39 is 17.6 Å².